The highest BCUT2D eigenvalue weighted by atomic mass is 35.7. The van der Waals surface area contributed by atoms with Gasteiger partial charge >= 0.3 is 5.97 Å². The minimum atomic E-state index is -4.94. The third-order valence-electron chi connectivity index (χ3n) is 5.75. The molecule has 0 bridgehead atoms. The van der Waals surface area contributed by atoms with Crippen molar-refractivity contribution in [2.75, 3.05) is 5.75 Å². The van der Waals surface area contributed by atoms with Crippen molar-refractivity contribution in [3.63, 3.8) is 0 Å². The second-order valence-corrected chi connectivity index (χ2v) is 13.6. The van der Waals surface area contributed by atoms with E-state index in [1.165, 1.54) is 11.8 Å². The van der Waals surface area contributed by atoms with Gasteiger partial charge in [-0.15, -0.1) is 22.0 Å². The van der Waals surface area contributed by atoms with Gasteiger partial charge in [0.25, 0.3) is 5.91 Å². The van der Waals surface area contributed by atoms with Crippen LogP contribution in [0.1, 0.15) is 15.9 Å². The van der Waals surface area contributed by atoms with Gasteiger partial charge in [-0.25, -0.2) is 18.6 Å². The Balaban J connectivity index is 0.000000850. The van der Waals surface area contributed by atoms with Crippen molar-refractivity contribution in [1.82, 2.24) is 5.32 Å². The van der Waals surface area contributed by atoms with Gasteiger partial charge in [-0.05, 0) is 55.5 Å². The quantitative estimate of drug-likeness (QED) is 0.260. The second kappa shape index (κ2) is 14.9. The first-order chi connectivity index (χ1) is 19.5. The molecular formula is C30H27ClNO7PS. The number of halogens is 1. The van der Waals surface area contributed by atoms with Gasteiger partial charge in [0.1, 0.15) is 15.9 Å². The maximum atomic E-state index is 13.5. The summed E-state index contributed by atoms with van der Waals surface area (Å²) in [6.07, 6.45) is 0. The number of amides is 1. The normalized spacial score (nSPS) is 11.7. The van der Waals surface area contributed by atoms with Gasteiger partial charge in [0.15, 0.2) is 12.7 Å². The van der Waals surface area contributed by atoms with E-state index in [0.29, 0.717) is 11.0 Å². The first-order valence-corrected chi connectivity index (χ1v) is 16.2. The van der Waals surface area contributed by atoms with Crippen LogP contribution >= 0.6 is 19.0 Å². The van der Waals surface area contributed by atoms with Crippen LogP contribution in [0.25, 0.3) is 0 Å². The Morgan fingerprint density at radius 1 is 0.756 bits per heavy atom. The molecule has 41 heavy (non-hydrogen) atoms. The maximum absolute atomic E-state index is 13.5. The largest absolute Gasteiger partial charge is 0.481 e. The summed E-state index contributed by atoms with van der Waals surface area (Å²) in [5, 5.41) is 17.6. The zero-order valence-corrected chi connectivity index (χ0v) is 24.4. The Kier molecular flexibility index (Phi) is 11.6. The topological polar surface area (TPSA) is 159 Å². The minimum absolute atomic E-state index is 0.109. The van der Waals surface area contributed by atoms with Gasteiger partial charge in [0, 0.05) is 11.0 Å². The molecule has 0 saturated heterocycles. The molecule has 0 spiro atoms. The van der Waals surface area contributed by atoms with Crippen molar-refractivity contribution in [1.29, 1.82) is 0 Å². The molecule has 1 amide bonds. The molecule has 4 aromatic rings. The highest BCUT2D eigenvalue weighted by Crippen LogP contribution is 2.61. The van der Waals surface area contributed by atoms with E-state index in [0.717, 1.165) is 21.5 Å². The zero-order chi connectivity index (χ0) is 29.9. The Morgan fingerprint density at radius 2 is 1.15 bits per heavy atom. The summed E-state index contributed by atoms with van der Waals surface area (Å²) in [5.74, 6) is -1.25. The van der Waals surface area contributed by atoms with Gasteiger partial charge < -0.3 is 5.11 Å². The number of carbonyl (C=O) groups excluding carboxylic acids is 1. The summed E-state index contributed by atoms with van der Waals surface area (Å²) in [5.41, 5.74) is 2.31. The molecule has 0 aliphatic carbocycles. The third kappa shape index (κ3) is 9.24. The Hall–Kier alpha value is -3.53. The highest BCUT2D eigenvalue weighted by Gasteiger charge is 2.50. The van der Waals surface area contributed by atoms with Crippen molar-refractivity contribution < 1.29 is 43.6 Å². The summed E-state index contributed by atoms with van der Waals surface area (Å²) < 4.78 is 34.0. The lowest BCUT2D eigenvalue weighted by Crippen LogP contribution is -2.68. The molecule has 4 aromatic carbocycles. The van der Waals surface area contributed by atoms with E-state index >= 15 is 0 Å². The summed E-state index contributed by atoms with van der Waals surface area (Å²) in [6, 6.07) is 37.9. The number of nitrogens with one attached hydrogen (secondary N) is 1. The number of hydrogen-bond donors (Lipinski definition) is 2. The predicted octanol–water partition coefficient (Wildman–Crippen LogP) is 0.580. The van der Waals surface area contributed by atoms with Crippen LogP contribution in [0.5, 0.6) is 0 Å². The van der Waals surface area contributed by atoms with Crippen LogP contribution in [-0.4, -0.2) is 22.7 Å². The first-order valence-electron chi connectivity index (χ1n) is 12.1. The Morgan fingerprint density at radius 3 is 1.51 bits per heavy atom. The summed E-state index contributed by atoms with van der Waals surface area (Å²) >= 11 is 1.17. The number of hydrogen-bond acceptors (Lipinski definition) is 7. The summed E-state index contributed by atoms with van der Waals surface area (Å²) in [6.45, 7) is 1.98. The molecule has 0 heterocycles. The standard InChI is InChI=1S/C30H26NO3PS.ClHO4/c1-23-17-19-24(20-18-23)30(34)31-28(21-36-22-29(32)33)35(25-11-5-2-6-12-25,26-13-7-3-8-14-26)27-15-9-4-10-16-27;2-1(3,4)5/h2-21H,22H2,1H3,(H-,31,32,33,34);(H,2,3,4,5). The van der Waals surface area contributed by atoms with E-state index in [2.05, 4.69) is 41.7 Å². The molecule has 0 fully saturated rings. The van der Waals surface area contributed by atoms with Crippen LogP contribution in [0.3, 0.4) is 0 Å². The predicted molar refractivity (Wildman–Crippen MR) is 152 cm³/mol. The van der Waals surface area contributed by atoms with Crippen LogP contribution in [0, 0.1) is 17.2 Å². The number of aryl methyl sites for hydroxylation is 1. The van der Waals surface area contributed by atoms with Crippen LogP contribution in [0.2, 0.25) is 0 Å². The third-order valence-corrected chi connectivity index (χ3v) is 10.9. The molecule has 2 N–H and O–H groups in total. The molecule has 0 radical (unpaired) electrons. The molecule has 0 unspecified atom stereocenters. The number of carboxylic acid groups (broad SMARTS) is 1. The van der Waals surface area contributed by atoms with Gasteiger partial charge in [-0.1, -0.05) is 72.3 Å². The fourth-order valence-electron chi connectivity index (χ4n) is 4.10. The molecule has 0 aromatic heterocycles. The number of thioether (sulfide) groups is 1. The summed E-state index contributed by atoms with van der Waals surface area (Å²) in [7, 11) is -7.54. The van der Waals surface area contributed by atoms with Crippen molar-refractivity contribution in [3.05, 3.63) is 137 Å². The number of rotatable bonds is 9. The Labute approximate surface area is 245 Å². The van der Waals surface area contributed by atoms with Crippen LogP contribution < -0.4 is 39.9 Å². The lowest BCUT2D eigenvalue weighted by molar-refractivity contribution is -2.00. The van der Waals surface area contributed by atoms with Crippen LogP contribution in [0.15, 0.2) is 126 Å². The van der Waals surface area contributed by atoms with E-state index in [4.69, 9.17) is 18.6 Å². The van der Waals surface area contributed by atoms with E-state index in [1.54, 1.807) is 12.1 Å². The molecule has 0 aliphatic heterocycles. The SMILES string of the molecule is Cc1ccc(C(=O)NC(=CSCC(=O)O)[P+](c2ccccc2)(c2ccccc2)c2ccccc2)cc1.[O-][Cl+3]([O-])([O-])[O-]. The Bertz CT molecular complexity index is 1350. The second-order valence-electron chi connectivity index (χ2n) is 8.58. The van der Waals surface area contributed by atoms with Crippen molar-refractivity contribution in [2.45, 2.75) is 6.92 Å². The van der Waals surface area contributed by atoms with Gasteiger partial charge in [-0.3, -0.25) is 14.9 Å². The molecule has 11 heteroatoms. The molecular weight excluding hydrogens is 585 g/mol. The highest BCUT2D eigenvalue weighted by molar-refractivity contribution is 8.04. The monoisotopic (exact) mass is 611 g/mol. The van der Waals surface area contributed by atoms with Crippen LogP contribution in [-0.2, 0) is 4.79 Å². The molecule has 8 nitrogen and oxygen atoms in total. The molecule has 212 valence electrons. The molecule has 0 saturated carbocycles. The average molecular weight is 612 g/mol. The molecule has 4 rings (SSSR count). The average Bonchev–Trinajstić information content (AvgIpc) is 2.94. The van der Waals surface area contributed by atoms with E-state index in [9.17, 15) is 14.7 Å². The number of benzene rings is 4. The first kappa shape index (κ1) is 32.0. The number of carbonyl (C=O) groups is 2. The van der Waals surface area contributed by atoms with Crippen molar-refractivity contribution in [3.8, 4) is 0 Å². The van der Waals surface area contributed by atoms with E-state index in [-0.39, 0.29) is 11.7 Å². The minimum Gasteiger partial charge on any atom is -0.481 e. The summed E-state index contributed by atoms with van der Waals surface area (Å²) in [4.78, 5) is 24.9. The van der Waals surface area contributed by atoms with Crippen molar-refractivity contribution >= 4 is 46.8 Å². The maximum Gasteiger partial charge on any atom is 0.313 e. The van der Waals surface area contributed by atoms with Gasteiger partial charge in [0.05, 0.1) is 5.75 Å². The lowest BCUT2D eigenvalue weighted by Gasteiger charge is -2.29. The zero-order valence-electron chi connectivity index (χ0n) is 21.9. The van der Waals surface area contributed by atoms with E-state index in [1.807, 2.05) is 79.1 Å². The lowest BCUT2D eigenvalue weighted by atomic mass is 10.1. The number of carboxylic acids is 1. The fourth-order valence-corrected chi connectivity index (χ4v) is 9.25. The van der Waals surface area contributed by atoms with E-state index < -0.39 is 23.5 Å². The fraction of sp³-hybridized carbons (Fsp3) is 0.0667. The molecule has 0 atom stereocenters. The van der Waals surface area contributed by atoms with Gasteiger partial charge in [-0.2, -0.15) is 0 Å². The smallest absolute Gasteiger partial charge is 0.313 e. The van der Waals surface area contributed by atoms with Crippen LogP contribution in [0.4, 0.5) is 0 Å². The number of aliphatic carboxylic acids is 1. The van der Waals surface area contributed by atoms with Gasteiger partial charge in [0.2, 0.25) is 0 Å². The molecule has 0 aliphatic rings. The van der Waals surface area contributed by atoms with Crippen molar-refractivity contribution in [2.24, 2.45) is 0 Å².